The molecule has 0 fully saturated rings. The number of hydrogen-bond donors (Lipinski definition) is 1. The van der Waals surface area contributed by atoms with Crippen molar-refractivity contribution in [3.8, 4) is 0 Å². The third-order valence-corrected chi connectivity index (χ3v) is 4.83. The van der Waals surface area contributed by atoms with Crippen LogP contribution in [0.3, 0.4) is 0 Å². The molecule has 2 bridgehead atoms. The van der Waals surface area contributed by atoms with E-state index >= 15 is 0 Å². The van der Waals surface area contributed by atoms with Crippen molar-refractivity contribution in [3.63, 3.8) is 0 Å². The molecule has 0 unspecified atom stereocenters. The first-order valence-electron chi connectivity index (χ1n) is 7.85. The van der Waals surface area contributed by atoms with E-state index < -0.39 is 5.54 Å². The maximum atomic E-state index is 12.3. The molecule has 0 aromatic heterocycles. The predicted molar refractivity (Wildman–Crippen MR) is 84.5 cm³/mol. The Morgan fingerprint density at radius 1 is 1.18 bits per heavy atom. The second-order valence-electron chi connectivity index (χ2n) is 6.03. The normalized spacial score (nSPS) is 24.5. The Kier molecular flexibility index (Phi) is 3.05. The van der Waals surface area contributed by atoms with Crippen molar-refractivity contribution in [2.24, 2.45) is 0 Å². The first-order chi connectivity index (χ1) is 10.7. The zero-order chi connectivity index (χ0) is 15.2. The molecule has 2 heterocycles. The van der Waals surface area contributed by atoms with E-state index in [9.17, 15) is 4.79 Å². The summed E-state index contributed by atoms with van der Waals surface area (Å²) in [5.74, 6) is -0.151. The molecule has 2 atom stereocenters. The molecule has 4 rings (SSSR count). The molecule has 2 aliphatic heterocycles. The predicted octanol–water partition coefficient (Wildman–Crippen LogP) is 3.08. The van der Waals surface area contributed by atoms with E-state index in [1.807, 2.05) is 6.92 Å². The average Bonchev–Trinajstić information content (AvgIpc) is 2.78. The molecule has 1 N–H and O–H groups in total. The van der Waals surface area contributed by atoms with Gasteiger partial charge in [-0.1, -0.05) is 48.5 Å². The Balaban J connectivity index is 1.89. The van der Waals surface area contributed by atoms with Gasteiger partial charge in [0.15, 0.2) is 0 Å². The number of ether oxygens (including phenoxy) is 1. The molecule has 0 amide bonds. The molecule has 2 aromatic rings. The van der Waals surface area contributed by atoms with Gasteiger partial charge in [-0.15, -0.1) is 0 Å². The van der Waals surface area contributed by atoms with Gasteiger partial charge in [0.05, 0.1) is 18.6 Å². The van der Waals surface area contributed by atoms with Crippen LogP contribution in [0.25, 0.3) is 0 Å². The Bertz CT molecular complexity index is 727. The van der Waals surface area contributed by atoms with Crippen molar-refractivity contribution in [1.82, 2.24) is 5.32 Å². The summed E-state index contributed by atoms with van der Waals surface area (Å²) in [7, 11) is 0. The lowest BCUT2D eigenvalue weighted by Gasteiger charge is -2.37. The number of benzene rings is 2. The third-order valence-electron chi connectivity index (χ3n) is 4.83. The SMILES string of the molecule is CCOC(=O)C[C@@]12N[C@@H](Cc3ccccc31)c1ccccc12. The van der Waals surface area contributed by atoms with E-state index in [1.54, 1.807) is 0 Å². The van der Waals surface area contributed by atoms with E-state index in [0.717, 1.165) is 6.42 Å². The Labute approximate surface area is 130 Å². The summed E-state index contributed by atoms with van der Waals surface area (Å²) in [6.07, 6.45) is 1.31. The van der Waals surface area contributed by atoms with Crippen molar-refractivity contribution in [1.29, 1.82) is 0 Å². The highest BCUT2D eigenvalue weighted by Crippen LogP contribution is 2.50. The lowest BCUT2D eigenvalue weighted by Crippen LogP contribution is -2.45. The van der Waals surface area contributed by atoms with Gasteiger partial charge in [0.25, 0.3) is 0 Å². The Morgan fingerprint density at radius 3 is 2.73 bits per heavy atom. The van der Waals surface area contributed by atoms with Gasteiger partial charge in [-0.25, -0.2) is 0 Å². The summed E-state index contributed by atoms with van der Waals surface area (Å²) < 4.78 is 5.24. The molecular weight excluding hydrogens is 274 g/mol. The lowest BCUT2D eigenvalue weighted by molar-refractivity contribution is -0.144. The van der Waals surface area contributed by atoms with Gasteiger partial charge >= 0.3 is 5.97 Å². The van der Waals surface area contributed by atoms with Crippen LogP contribution in [-0.4, -0.2) is 12.6 Å². The van der Waals surface area contributed by atoms with Crippen molar-refractivity contribution in [2.45, 2.75) is 31.3 Å². The standard InChI is InChI=1S/C19H19NO2/c1-2-22-18(21)12-19-15-9-5-3-7-13(15)11-17(20-19)14-8-4-6-10-16(14)19/h3-10,17,20H,2,11-12H2,1H3/t17-,19+/m0/s1. The Morgan fingerprint density at radius 2 is 1.91 bits per heavy atom. The molecular formula is C19H19NO2. The van der Waals surface area contributed by atoms with E-state index in [0.29, 0.717) is 13.0 Å². The maximum Gasteiger partial charge on any atom is 0.308 e. The number of nitrogens with one attached hydrogen (secondary N) is 1. The second kappa shape index (κ2) is 4.96. The topological polar surface area (TPSA) is 38.3 Å². The fourth-order valence-electron chi connectivity index (χ4n) is 4.03. The van der Waals surface area contributed by atoms with Crippen LogP contribution in [0.1, 0.15) is 41.6 Å². The van der Waals surface area contributed by atoms with Crippen molar-refractivity contribution >= 4 is 5.97 Å². The minimum absolute atomic E-state index is 0.151. The van der Waals surface area contributed by atoms with Gasteiger partial charge in [0, 0.05) is 6.04 Å². The summed E-state index contributed by atoms with van der Waals surface area (Å²) >= 11 is 0. The van der Waals surface area contributed by atoms with Crippen LogP contribution >= 0.6 is 0 Å². The molecule has 0 radical (unpaired) electrons. The number of rotatable bonds is 3. The maximum absolute atomic E-state index is 12.3. The summed E-state index contributed by atoms with van der Waals surface area (Å²) in [6.45, 7) is 2.27. The van der Waals surface area contributed by atoms with Gasteiger partial charge in [-0.3, -0.25) is 10.1 Å². The molecule has 2 aliphatic rings. The first-order valence-corrected chi connectivity index (χ1v) is 7.85. The van der Waals surface area contributed by atoms with Crippen molar-refractivity contribution in [3.05, 3.63) is 70.8 Å². The molecule has 0 saturated carbocycles. The summed E-state index contributed by atoms with van der Waals surface area (Å²) in [6, 6.07) is 17.2. The lowest BCUT2D eigenvalue weighted by atomic mass is 9.78. The van der Waals surface area contributed by atoms with Crippen molar-refractivity contribution in [2.75, 3.05) is 6.61 Å². The van der Waals surface area contributed by atoms with E-state index in [1.165, 1.54) is 22.3 Å². The van der Waals surface area contributed by atoms with E-state index in [2.05, 4.69) is 53.8 Å². The zero-order valence-electron chi connectivity index (χ0n) is 12.6. The van der Waals surface area contributed by atoms with Crippen LogP contribution < -0.4 is 5.32 Å². The van der Waals surface area contributed by atoms with Crippen LogP contribution in [0.4, 0.5) is 0 Å². The van der Waals surface area contributed by atoms with Crippen LogP contribution in [0.5, 0.6) is 0 Å². The average molecular weight is 293 g/mol. The molecule has 0 saturated heterocycles. The fraction of sp³-hybridized carbons (Fsp3) is 0.316. The highest BCUT2D eigenvalue weighted by Gasteiger charge is 2.49. The number of carbonyl (C=O) groups excluding carboxylic acids is 1. The first kappa shape index (κ1) is 13.5. The largest absolute Gasteiger partial charge is 0.466 e. The molecule has 112 valence electrons. The number of esters is 1. The van der Waals surface area contributed by atoms with Gasteiger partial charge < -0.3 is 4.74 Å². The van der Waals surface area contributed by atoms with E-state index in [-0.39, 0.29) is 12.0 Å². The molecule has 0 spiro atoms. The molecule has 3 nitrogen and oxygen atoms in total. The van der Waals surface area contributed by atoms with Gasteiger partial charge in [0.2, 0.25) is 0 Å². The Hall–Kier alpha value is -2.13. The zero-order valence-corrected chi connectivity index (χ0v) is 12.6. The van der Waals surface area contributed by atoms with Gasteiger partial charge in [-0.05, 0) is 35.6 Å². The van der Waals surface area contributed by atoms with Crippen LogP contribution in [0.2, 0.25) is 0 Å². The number of fused-ring (bicyclic) bond motifs is 7. The second-order valence-corrected chi connectivity index (χ2v) is 6.03. The third kappa shape index (κ3) is 1.82. The number of carbonyl (C=O) groups is 1. The van der Waals surface area contributed by atoms with Crippen LogP contribution in [0, 0.1) is 0 Å². The van der Waals surface area contributed by atoms with E-state index in [4.69, 9.17) is 4.74 Å². The fourth-order valence-corrected chi connectivity index (χ4v) is 4.03. The minimum Gasteiger partial charge on any atom is -0.466 e. The smallest absolute Gasteiger partial charge is 0.308 e. The quantitative estimate of drug-likeness (QED) is 0.884. The molecule has 0 aliphatic carbocycles. The molecule has 2 aromatic carbocycles. The highest BCUT2D eigenvalue weighted by atomic mass is 16.5. The monoisotopic (exact) mass is 293 g/mol. The molecule has 3 heteroatoms. The molecule has 22 heavy (non-hydrogen) atoms. The van der Waals surface area contributed by atoms with Crippen LogP contribution in [0.15, 0.2) is 48.5 Å². The van der Waals surface area contributed by atoms with Gasteiger partial charge in [-0.2, -0.15) is 0 Å². The van der Waals surface area contributed by atoms with Crippen molar-refractivity contribution < 1.29 is 9.53 Å². The van der Waals surface area contributed by atoms with Crippen LogP contribution in [-0.2, 0) is 21.5 Å². The summed E-state index contributed by atoms with van der Waals surface area (Å²) in [4.78, 5) is 12.3. The van der Waals surface area contributed by atoms with Gasteiger partial charge in [0.1, 0.15) is 0 Å². The number of hydrogen-bond acceptors (Lipinski definition) is 3. The summed E-state index contributed by atoms with van der Waals surface area (Å²) in [5.41, 5.74) is 4.62. The highest BCUT2D eigenvalue weighted by molar-refractivity contribution is 5.74. The minimum atomic E-state index is -0.442. The summed E-state index contributed by atoms with van der Waals surface area (Å²) in [5, 5.41) is 3.71.